The van der Waals surface area contributed by atoms with Gasteiger partial charge >= 0.3 is 11.9 Å². The molecule has 9 nitrogen and oxygen atoms in total. The second-order valence-electron chi connectivity index (χ2n) is 4.08. The normalized spacial score (nSPS) is 34.0. The van der Waals surface area contributed by atoms with Gasteiger partial charge in [-0.1, -0.05) is 5.11 Å². The van der Waals surface area contributed by atoms with Gasteiger partial charge in [0.2, 0.25) is 6.29 Å². The fraction of sp³-hybridized carbons (Fsp3) is 0.800. The van der Waals surface area contributed by atoms with Crippen molar-refractivity contribution in [2.45, 2.75) is 51.4 Å². The molecule has 19 heavy (non-hydrogen) atoms. The predicted molar refractivity (Wildman–Crippen MR) is 60.6 cm³/mol. The Morgan fingerprint density at radius 1 is 1.32 bits per heavy atom. The molecule has 0 radical (unpaired) electrons. The number of hydrogen-bond donors (Lipinski definition) is 1. The Balaban J connectivity index is 2.96. The molecule has 0 bridgehead atoms. The molecular weight excluding hydrogens is 258 g/mol. The molecule has 0 aromatic rings. The monoisotopic (exact) mass is 273 g/mol. The second kappa shape index (κ2) is 6.37. The van der Waals surface area contributed by atoms with Gasteiger partial charge in [-0.3, -0.25) is 9.59 Å². The lowest BCUT2D eigenvalue weighted by Crippen LogP contribution is -2.58. The standard InChI is InChI=1S/C10H15N3O6/c1-4-7(12-13-11)8(16)9(18-5(2)14)10(17-4)19-6(3)15/h4,7-10,16H,1-3H3/t4-,7-,8+,9+,10-/m1/s1. The second-order valence-corrected chi connectivity index (χ2v) is 4.08. The molecule has 1 rings (SSSR count). The third kappa shape index (κ3) is 3.82. The third-order valence-electron chi connectivity index (χ3n) is 2.55. The van der Waals surface area contributed by atoms with Crippen LogP contribution >= 0.6 is 0 Å². The van der Waals surface area contributed by atoms with Crippen LogP contribution in [0, 0.1) is 0 Å². The molecule has 9 heteroatoms. The van der Waals surface area contributed by atoms with Gasteiger partial charge in [-0.15, -0.1) is 0 Å². The first-order valence-corrected chi connectivity index (χ1v) is 5.59. The summed E-state index contributed by atoms with van der Waals surface area (Å²) in [5, 5.41) is 13.4. The molecule has 1 saturated heterocycles. The summed E-state index contributed by atoms with van der Waals surface area (Å²) in [4.78, 5) is 24.6. The van der Waals surface area contributed by atoms with Crippen LogP contribution in [0.25, 0.3) is 10.4 Å². The Labute approximate surface area is 109 Å². The summed E-state index contributed by atoms with van der Waals surface area (Å²) in [7, 11) is 0. The van der Waals surface area contributed by atoms with Crippen LogP contribution in [0.2, 0.25) is 0 Å². The zero-order valence-electron chi connectivity index (χ0n) is 10.7. The molecule has 0 spiro atoms. The molecule has 0 aromatic heterocycles. The van der Waals surface area contributed by atoms with Gasteiger partial charge in [0.1, 0.15) is 6.10 Å². The molecule has 1 aliphatic rings. The number of azide groups is 1. The fourth-order valence-electron chi connectivity index (χ4n) is 1.80. The number of rotatable bonds is 3. The van der Waals surface area contributed by atoms with E-state index in [1.807, 2.05) is 0 Å². The van der Waals surface area contributed by atoms with Crippen molar-refractivity contribution in [1.29, 1.82) is 0 Å². The molecule has 0 aliphatic carbocycles. The highest BCUT2D eigenvalue weighted by molar-refractivity contribution is 5.67. The highest BCUT2D eigenvalue weighted by atomic mass is 16.7. The highest BCUT2D eigenvalue weighted by Gasteiger charge is 2.46. The van der Waals surface area contributed by atoms with Crippen molar-refractivity contribution in [3.63, 3.8) is 0 Å². The molecule has 106 valence electrons. The van der Waals surface area contributed by atoms with Crippen LogP contribution in [0.4, 0.5) is 0 Å². The van der Waals surface area contributed by atoms with Crippen LogP contribution < -0.4 is 0 Å². The summed E-state index contributed by atoms with van der Waals surface area (Å²) >= 11 is 0. The summed E-state index contributed by atoms with van der Waals surface area (Å²) < 4.78 is 15.0. The minimum atomic E-state index is -1.33. The van der Waals surface area contributed by atoms with E-state index in [0.717, 1.165) is 13.8 Å². The van der Waals surface area contributed by atoms with Crippen molar-refractivity contribution in [3.8, 4) is 0 Å². The first kappa shape index (κ1) is 15.2. The van der Waals surface area contributed by atoms with Crippen LogP contribution in [0.1, 0.15) is 20.8 Å². The zero-order valence-corrected chi connectivity index (χ0v) is 10.7. The van der Waals surface area contributed by atoms with Gasteiger partial charge in [0.15, 0.2) is 6.10 Å². The number of aliphatic hydroxyl groups is 1. The van der Waals surface area contributed by atoms with Gasteiger partial charge in [0, 0.05) is 18.8 Å². The van der Waals surface area contributed by atoms with Crippen molar-refractivity contribution in [2.24, 2.45) is 5.11 Å². The van der Waals surface area contributed by atoms with E-state index in [9.17, 15) is 14.7 Å². The maximum Gasteiger partial charge on any atom is 0.305 e. The van der Waals surface area contributed by atoms with E-state index in [0.29, 0.717) is 0 Å². The molecule has 1 heterocycles. The van der Waals surface area contributed by atoms with E-state index >= 15 is 0 Å². The lowest BCUT2D eigenvalue weighted by atomic mass is 9.97. The van der Waals surface area contributed by atoms with Gasteiger partial charge in [-0.25, -0.2) is 0 Å². The maximum atomic E-state index is 11.0. The average Bonchev–Trinajstić information content (AvgIpc) is 2.28. The number of esters is 2. The SMILES string of the molecule is CC(=O)O[C@H]1O[C@H](C)[C@@H](N=[N+]=[N-])[C@H](O)[C@@H]1OC(C)=O. The van der Waals surface area contributed by atoms with Crippen LogP contribution in [0.3, 0.4) is 0 Å². The molecule has 0 unspecified atom stereocenters. The van der Waals surface area contributed by atoms with Crippen molar-refractivity contribution in [1.82, 2.24) is 0 Å². The quantitative estimate of drug-likeness (QED) is 0.339. The van der Waals surface area contributed by atoms with Gasteiger partial charge in [0.05, 0.1) is 12.1 Å². The van der Waals surface area contributed by atoms with E-state index in [4.69, 9.17) is 19.7 Å². The Bertz CT molecular complexity index is 406. The first-order valence-electron chi connectivity index (χ1n) is 5.59. The third-order valence-corrected chi connectivity index (χ3v) is 2.55. The topological polar surface area (TPSA) is 131 Å². The highest BCUT2D eigenvalue weighted by Crippen LogP contribution is 2.26. The Kier molecular flexibility index (Phi) is 5.11. The number of carbonyl (C=O) groups is 2. The summed E-state index contributed by atoms with van der Waals surface area (Å²) in [5.41, 5.74) is 8.43. The van der Waals surface area contributed by atoms with E-state index in [1.165, 1.54) is 0 Å². The minimum absolute atomic E-state index is 0.649. The first-order chi connectivity index (χ1) is 8.86. The predicted octanol–water partition coefficient (Wildman–Crippen LogP) is 0.266. The van der Waals surface area contributed by atoms with E-state index in [-0.39, 0.29) is 0 Å². The summed E-state index contributed by atoms with van der Waals surface area (Å²) in [5.74, 6) is -1.33. The lowest BCUT2D eigenvalue weighted by Gasteiger charge is -2.40. The van der Waals surface area contributed by atoms with E-state index < -0.39 is 42.6 Å². The molecule has 0 amide bonds. The largest absolute Gasteiger partial charge is 0.453 e. The van der Waals surface area contributed by atoms with Crippen molar-refractivity contribution < 1.29 is 28.9 Å². The van der Waals surface area contributed by atoms with E-state index in [1.54, 1.807) is 6.92 Å². The smallest absolute Gasteiger partial charge is 0.305 e. The molecule has 1 fully saturated rings. The van der Waals surface area contributed by atoms with Gasteiger partial charge in [-0.2, -0.15) is 0 Å². The number of carbonyl (C=O) groups excluding carboxylic acids is 2. The van der Waals surface area contributed by atoms with Crippen LogP contribution in [-0.4, -0.2) is 47.7 Å². The molecule has 1 N–H and O–H groups in total. The van der Waals surface area contributed by atoms with Crippen LogP contribution in [0.15, 0.2) is 5.11 Å². The molecule has 5 atom stereocenters. The molecule has 0 saturated carbocycles. The Hall–Kier alpha value is -1.83. The van der Waals surface area contributed by atoms with E-state index in [2.05, 4.69) is 10.0 Å². The van der Waals surface area contributed by atoms with Gasteiger partial charge < -0.3 is 19.3 Å². The van der Waals surface area contributed by atoms with Crippen LogP contribution in [-0.2, 0) is 23.8 Å². The molecule has 0 aromatic carbocycles. The van der Waals surface area contributed by atoms with Crippen molar-refractivity contribution >= 4 is 11.9 Å². The van der Waals surface area contributed by atoms with Crippen LogP contribution in [0.5, 0.6) is 0 Å². The summed E-state index contributed by atoms with van der Waals surface area (Å²) in [6, 6.07) is -0.943. The Morgan fingerprint density at radius 2 is 1.89 bits per heavy atom. The summed E-state index contributed by atoms with van der Waals surface area (Å²) in [6.07, 6.45) is -4.50. The number of nitrogens with zero attached hydrogens (tertiary/aromatic N) is 3. The maximum absolute atomic E-state index is 11.0. The lowest BCUT2D eigenvalue weighted by molar-refractivity contribution is -0.265. The number of hydrogen-bond acceptors (Lipinski definition) is 7. The number of aliphatic hydroxyl groups excluding tert-OH is 1. The minimum Gasteiger partial charge on any atom is -0.453 e. The fourth-order valence-corrected chi connectivity index (χ4v) is 1.80. The zero-order chi connectivity index (χ0) is 14.6. The van der Waals surface area contributed by atoms with Gasteiger partial charge in [-0.05, 0) is 12.5 Å². The van der Waals surface area contributed by atoms with Crippen molar-refractivity contribution in [3.05, 3.63) is 10.4 Å². The molecule has 1 aliphatic heterocycles. The van der Waals surface area contributed by atoms with Crippen molar-refractivity contribution in [2.75, 3.05) is 0 Å². The summed E-state index contributed by atoms with van der Waals surface area (Å²) in [6.45, 7) is 3.84. The molecular formula is C10H15N3O6. The number of ether oxygens (including phenoxy) is 3. The van der Waals surface area contributed by atoms with Gasteiger partial charge in [0.25, 0.3) is 0 Å². The Morgan fingerprint density at radius 3 is 2.37 bits per heavy atom. The average molecular weight is 273 g/mol.